The number of hydrogen-bond donors (Lipinski definition) is 1. The van der Waals surface area contributed by atoms with E-state index in [4.69, 9.17) is 0 Å². The maximum atomic E-state index is 4.64. The number of nitrogens with one attached hydrogen (secondary N) is 1. The molecule has 0 saturated heterocycles. The molecule has 2 heterocycles. The average molecular weight is 135 g/mol. The second-order valence-corrected chi connectivity index (χ2v) is 1.88. The van der Waals surface area contributed by atoms with Gasteiger partial charge in [-0.1, -0.05) is 5.16 Å². The van der Waals surface area contributed by atoms with Gasteiger partial charge in [0, 0.05) is 6.20 Å². The first-order valence-electron chi connectivity index (χ1n) is 2.86. The second-order valence-electron chi connectivity index (χ2n) is 1.88. The molecule has 4 heteroatoms. The zero-order valence-corrected chi connectivity index (χ0v) is 5.11. The van der Waals surface area contributed by atoms with Crippen molar-refractivity contribution < 1.29 is 4.52 Å². The monoisotopic (exact) mass is 135 g/mol. The maximum Gasteiger partial charge on any atom is 0.133 e. The van der Waals surface area contributed by atoms with Crippen LogP contribution in [0.3, 0.4) is 0 Å². The van der Waals surface area contributed by atoms with Crippen LogP contribution in [0.25, 0.3) is 11.3 Å². The smallest absolute Gasteiger partial charge is 0.133 e. The molecule has 0 radical (unpaired) electrons. The van der Waals surface area contributed by atoms with Gasteiger partial charge in [0.05, 0.1) is 17.5 Å². The van der Waals surface area contributed by atoms with E-state index in [9.17, 15) is 0 Å². The molecule has 2 aromatic rings. The van der Waals surface area contributed by atoms with Crippen LogP contribution >= 0.6 is 0 Å². The highest BCUT2D eigenvalue weighted by molar-refractivity contribution is 5.54. The van der Waals surface area contributed by atoms with Crippen molar-refractivity contribution in [3.63, 3.8) is 0 Å². The van der Waals surface area contributed by atoms with E-state index in [1.807, 2.05) is 6.07 Å². The van der Waals surface area contributed by atoms with Crippen molar-refractivity contribution in [1.29, 1.82) is 0 Å². The third kappa shape index (κ3) is 0.699. The normalized spacial score (nSPS) is 10.0. The topological polar surface area (TPSA) is 54.7 Å². The SMILES string of the molecule is c1cc(-c2cnoc2)[nH]n1. The van der Waals surface area contributed by atoms with Crippen LogP contribution < -0.4 is 0 Å². The van der Waals surface area contributed by atoms with Crippen molar-refractivity contribution in [3.8, 4) is 11.3 Å². The summed E-state index contributed by atoms with van der Waals surface area (Å²) in [7, 11) is 0. The van der Waals surface area contributed by atoms with Gasteiger partial charge >= 0.3 is 0 Å². The quantitative estimate of drug-likeness (QED) is 0.636. The van der Waals surface area contributed by atoms with Crippen LogP contribution in [0.15, 0.2) is 29.2 Å². The Bertz CT molecular complexity index is 252. The summed E-state index contributed by atoms with van der Waals surface area (Å²) in [6.07, 6.45) is 4.88. The summed E-state index contributed by atoms with van der Waals surface area (Å²) in [5.41, 5.74) is 1.83. The number of aromatic nitrogens is 3. The molecular formula is C6H5N3O. The molecule has 4 nitrogen and oxygen atoms in total. The second kappa shape index (κ2) is 1.98. The van der Waals surface area contributed by atoms with Crippen LogP contribution in [-0.2, 0) is 0 Å². The summed E-state index contributed by atoms with van der Waals surface area (Å²) in [5.74, 6) is 0. The van der Waals surface area contributed by atoms with E-state index in [0.717, 1.165) is 11.3 Å². The molecule has 2 rings (SSSR count). The van der Waals surface area contributed by atoms with Gasteiger partial charge in [-0.2, -0.15) is 5.10 Å². The number of hydrogen-bond acceptors (Lipinski definition) is 3. The van der Waals surface area contributed by atoms with Gasteiger partial charge in [-0.05, 0) is 6.07 Å². The minimum absolute atomic E-state index is 0.914. The van der Waals surface area contributed by atoms with Gasteiger partial charge in [0.2, 0.25) is 0 Å². The van der Waals surface area contributed by atoms with Crippen LogP contribution in [0.1, 0.15) is 0 Å². The summed E-state index contributed by atoms with van der Waals surface area (Å²) in [6, 6.07) is 1.85. The van der Waals surface area contributed by atoms with E-state index in [1.165, 1.54) is 0 Å². The number of aromatic amines is 1. The Morgan fingerprint density at radius 2 is 2.50 bits per heavy atom. The van der Waals surface area contributed by atoms with Crippen molar-refractivity contribution in [2.24, 2.45) is 0 Å². The Balaban J connectivity index is 2.48. The molecular weight excluding hydrogens is 130 g/mol. The first kappa shape index (κ1) is 5.22. The Labute approximate surface area is 56.9 Å². The van der Waals surface area contributed by atoms with Gasteiger partial charge in [-0.25, -0.2) is 0 Å². The zero-order valence-electron chi connectivity index (χ0n) is 5.11. The molecule has 0 bridgehead atoms. The molecule has 0 atom stereocenters. The molecule has 0 saturated carbocycles. The fraction of sp³-hybridized carbons (Fsp3) is 0. The fourth-order valence-corrected chi connectivity index (χ4v) is 0.755. The molecule has 2 aromatic heterocycles. The van der Waals surface area contributed by atoms with Crippen molar-refractivity contribution in [2.45, 2.75) is 0 Å². The number of H-pyrrole nitrogens is 1. The Morgan fingerprint density at radius 1 is 1.50 bits per heavy atom. The molecule has 0 spiro atoms. The standard InChI is InChI=1S/C6H5N3O/c1-2-7-9-6(1)5-3-8-10-4-5/h1-4H,(H,7,9). The third-order valence-electron chi connectivity index (χ3n) is 1.24. The summed E-state index contributed by atoms with van der Waals surface area (Å²) in [5, 5.41) is 10.1. The molecule has 0 unspecified atom stereocenters. The van der Waals surface area contributed by atoms with Gasteiger partial charge in [0.15, 0.2) is 0 Å². The summed E-state index contributed by atoms with van der Waals surface area (Å²) in [4.78, 5) is 0. The van der Waals surface area contributed by atoms with Crippen molar-refractivity contribution in [2.75, 3.05) is 0 Å². The predicted octanol–water partition coefficient (Wildman–Crippen LogP) is 1.06. The van der Waals surface area contributed by atoms with Crippen molar-refractivity contribution in [1.82, 2.24) is 15.4 Å². The Kier molecular flexibility index (Phi) is 1.04. The molecule has 0 aliphatic carbocycles. The minimum atomic E-state index is 0.914. The lowest BCUT2D eigenvalue weighted by molar-refractivity contribution is 0.420. The van der Waals surface area contributed by atoms with E-state index in [0.29, 0.717) is 0 Å². The van der Waals surface area contributed by atoms with Crippen LogP contribution in [-0.4, -0.2) is 15.4 Å². The average Bonchev–Trinajstić information content (AvgIpc) is 2.59. The van der Waals surface area contributed by atoms with Gasteiger partial charge in [-0.3, -0.25) is 5.10 Å². The predicted molar refractivity (Wildman–Crippen MR) is 34.1 cm³/mol. The highest BCUT2D eigenvalue weighted by Gasteiger charge is 1.98. The summed E-state index contributed by atoms with van der Waals surface area (Å²) < 4.78 is 4.64. The Morgan fingerprint density at radius 3 is 3.10 bits per heavy atom. The fourth-order valence-electron chi connectivity index (χ4n) is 0.755. The van der Waals surface area contributed by atoms with E-state index in [-0.39, 0.29) is 0 Å². The van der Waals surface area contributed by atoms with Crippen molar-refractivity contribution in [3.05, 3.63) is 24.7 Å². The molecule has 0 aliphatic rings. The van der Waals surface area contributed by atoms with Crippen molar-refractivity contribution >= 4 is 0 Å². The van der Waals surface area contributed by atoms with Crippen LogP contribution in [0.4, 0.5) is 0 Å². The lowest BCUT2D eigenvalue weighted by atomic mass is 10.3. The van der Waals surface area contributed by atoms with Gasteiger partial charge in [-0.15, -0.1) is 0 Å². The summed E-state index contributed by atoms with van der Waals surface area (Å²) >= 11 is 0. The molecule has 0 aliphatic heterocycles. The van der Waals surface area contributed by atoms with Gasteiger partial charge in [0.25, 0.3) is 0 Å². The molecule has 10 heavy (non-hydrogen) atoms. The number of rotatable bonds is 1. The lowest BCUT2D eigenvalue weighted by Crippen LogP contribution is -1.71. The Hall–Kier alpha value is -1.58. The van der Waals surface area contributed by atoms with E-state index < -0.39 is 0 Å². The third-order valence-corrected chi connectivity index (χ3v) is 1.24. The molecule has 0 fully saturated rings. The van der Waals surface area contributed by atoms with Gasteiger partial charge in [0.1, 0.15) is 6.26 Å². The van der Waals surface area contributed by atoms with Crippen LogP contribution in [0.2, 0.25) is 0 Å². The van der Waals surface area contributed by atoms with E-state index in [1.54, 1.807) is 18.7 Å². The van der Waals surface area contributed by atoms with Gasteiger partial charge < -0.3 is 4.52 Å². The van der Waals surface area contributed by atoms with Crippen LogP contribution in [0, 0.1) is 0 Å². The van der Waals surface area contributed by atoms with Crippen LogP contribution in [0.5, 0.6) is 0 Å². The highest BCUT2D eigenvalue weighted by atomic mass is 16.5. The molecule has 1 N–H and O–H groups in total. The zero-order chi connectivity index (χ0) is 6.81. The van der Waals surface area contributed by atoms with E-state index in [2.05, 4.69) is 19.9 Å². The largest absolute Gasteiger partial charge is 0.364 e. The maximum absolute atomic E-state index is 4.64. The summed E-state index contributed by atoms with van der Waals surface area (Å²) in [6.45, 7) is 0. The first-order chi connectivity index (χ1) is 4.97. The number of nitrogens with zero attached hydrogens (tertiary/aromatic N) is 2. The van der Waals surface area contributed by atoms with E-state index >= 15 is 0 Å². The highest BCUT2D eigenvalue weighted by Crippen LogP contribution is 2.13. The molecule has 50 valence electrons. The molecule has 0 amide bonds. The molecule has 0 aromatic carbocycles. The first-order valence-corrected chi connectivity index (χ1v) is 2.86. The lowest BCUT2D eigenvalue weighted by Gasteiger charge is -1.82. The minimum Gasteiger partial charge on any atom is -0.364 e.